The van der Waals surface area contributed by atoms with Gasteiger partial charge >= 0.3 is 0 Å². The first-order valence-electron chi connectivity index (χ1n) is 21.4. The van der Waals surface area contributed by atoms with Crippen molar-refractivity contribution in [2.45, 2.75) is 104 Å². The summed E-state index contributed by atoms with van der Waals surface area (Å²) in [7, 11) is 2.25. The smallest absolute Gasteiger partial charge is 0.262 e. The Kier molecular flexibility index (Phi) is 20.5. The summed E-state index contributed by atoms with van der Waals surface area (Å²) in [6.07, 6.45) is 15.9. The van der Waals surface area contributed by atoms with Crippen LogP contribution in [0.3, 0.4) is 0 Å². The Morgan fingerprint density at radius 1 is 0.768 bits per heavy atom. The van der Waals surface area contributed by atoms with Crippen molar-refractivity contribution in [2.24, 2.45) is 5.92 Å². The molecule has 0 aliphatic carbocycles. The molecule has 6 aliphatic rings. The SMILES string of the molecule is C=C/C=C\C.CC.CC.CN1CCC(CN2CCCCC2)CC1.O=CN1CCC(N2CCN(c3ccc4c(c3)C(=O)N(C3CCC(=O)NC3=O)C4=O)CC2)CC1. The van der Waals surface area contributed by atoms with Gasteiger partial charge in [-0.2, -0.15) is 0 Å². The molecule has 1 aromatic rings. The summed E-state index contributed by atoms with van der Waals surface area (Å²) in [4.78, 5) is 73.2. The Balaban J connectivity index is 0.000000302. The second-order valence-corrected chi connectivity index (χ2v) is 14.9. The van der Waals surface area contributed by atoms with Gasteiger partial charge in [-0.15, -0.1) is 0 Å². The van der Waals surface area contributed by atoms with Crippen LogP contribution < -0.4 is 10.2 Å². The molecule has 312 valence electrons. The minimum Gasteiger partial charge on any atom is -0.369 e. The number of piperazine rings is 1. The lowest BCUT2D eigenvalue weighted by molar-refractivity contribution is -0.136. The Bertz CT molecular complexity index is 1440. The zero-order valence-corrected chi connectivity index (χ0v) is 35.3. The molecule has 6 heterocycles. The number of hydrogen-bond acceptors (Lipinski definition) is 9. The molecule has 6 aliphatic heterocycles. The molecule has 56 heavy (non-hydrogen) atoms. The van der Waals surface area contributed by atoms with Crippen LogP contribution in [0.4, 0.5) is 5.69 Å². The maximum absolute atomic E-state index is 13.1. The molecule has 1 unspecified atom stereocenters. The zero-order chi connectivity index (χ0) is 41.0. The maximum Gasteiger partial charge on any atom is 0.262 e. The van der Waals surface area contributed by atoms with Gasteiger partial charge in [0.1, 0.15) is 6.04 Å². The topological polar surface area (TPSA) is 117 Å². The van der Waals surface area contributed by atoms with Crippen molar-refractivity contribution in [1.29, 1.82) is 0 Å². The Morgan fingerprint density at radius 3 is 1.95 bits per heavy atom. The third kappa shape index (κ3) is 13.1. The predicted octanol–water partition coefficient (Wildman–Crippen LogP) is 5.45. The van der Waals surface area contributed by atoms with Crippen LogP contribution in [0.15, 0.2) is 43.0 Å². The van der Waals surface area contributed by atoms with Crippen molar-refractivity contribution in [3.63, 3.8) is 0 Å². The molecule has 12 heteroatoms. The van der Waals surface area contributed by atoms with E-state index >= 15 is 0 Å². The summed E-state index contributed by atoms with van der Waals surface area (Å²) in [5, 5.41) is 2.22. The largest absolute Gasteiger partial charge is 0.369 e. The molecule has 0 aromatic heterocycles. The number of carbonyl (C=O) groups excluding carboxylic acids is 5. The predicted molar refractivity (Wildman–Crippen MR) is 226 cm³/mol. The Labute approximate surface area is 337 Å². The highest BCUT2D eigenvalue weighted by Crippen LogP contribution is 2.31. The number of imide groups is 2. The normalized spacial score (nSPS) is 22.7. The summed E-state index contributed by atoms with van der Waals surface area (Å²) in [6, 6.07) is 4.81. The van der Waals surface area contributed by atoms with Gasteiger partial charge in [0.2, 0.25) is 18.2 Å². The van der Waals surface area contributed by atoms with Crippen LogP contribution in [-0.2, 0) is 14.4 Å². The fraction of sp³-hybridized carbons (Fsp3) is 0.659. The number of allylic oxidation sites excluding steroid dienone is 3. The van der Waals surface area contributed by atoms with E-state index in [9.17, 15) is 24.0 Å². The number of rotatable bonds is 7. The number of amides is 5. The number of nitrogens with one attached hydrogen (secondary N) is 1. The summed E-state index contributed by atoms with van der Waals surface area (Å²) in [6.45, 7) is 25.2. The van der Waals surface area contributed by atoms with Crippen molar-refractivity contribution >= 4 is 35.7 Å². The standard InChI is InChI=1S/C23H27N5O5.C12H24N2.C5H8.2C2H6/c29-14-25-7-5-15(6-8-25)26-9-11-27(12-10-26)16-1-2-17-18(13-16)23(33)28(22(17)32)19-3-4-20(30)24-21(19)31;1-13-9-5-12(6-10-13)11-14-7-3-2-4-8-14;1-3-5-4-2;2*1-2/h1-2,13-15,19H,3-12H2,(H,24,30,31);12H,2-11H2,1H3;3-5H,1H2,2H3;2*1-2H3/b;;5-4-;;. The van der Waals surface area contributed by atoms with Crippen LogP contribution in [0.2, 0.25) is 0 Å². The van der Waals surface area contributed by atoms with Gasteiger partial charge in [-0.25, -0.2) is 0 Å². The van der Waals surface area contributed by atoms with E-state index in [0.717, 1.165) is 75.0 Å². The van der Waals surface area contributed by atoms with E-state index in [0.29, 0.717) is 17.2 Å². The molecule has 7 rings (SSSR count). The third-order valence-corrected chi connectivity index (χ3v) is 11.4. The highest BCUT2D eigenvalue weighted by Gasteiger charge is 2.45. The van der Waals surface area contributed by atoms with Crippen molar-refractivity contribution in [1.82, 2.24) is 29.8 Å². The summed E-state index contributed by atoms with van der Waals surface area (Å²) < 4.78 is 0. The summed E-state index contributed by atoms with van der Waals surface area (Å²) >= 11 is 0. The second-order valence-electron chi connectivity index (χ2n) is 14.9. The van der Waals surface area contributed by atoms with Gasteiger partial charge in [0.15, 0.2) is 0 Å². The number of anilines is 1. The molecular formula is C44H71N7O5. The van der Waals surface area contributed by atoms with Gasteiger partial charge in [-0.3, -0.25) is 39.1 Å². The monoisotopic (exact) mass is 778 g/mol. The van der Waals surface area contributed by atoms with Gasteiger partial charge in [0.05, 0.1) is 11.1 Å². The van der Waals surface area contributed by atoms with E-state index in [4.69, 9.17) is 0 Å². The lowest BCUT2D eigenvalue weighted by Gasteiger charge is -2.42. The molecule has 12 nitrogen and oxygen atoms in total. The van der Waals surface area contributed by atoms with Gasteiger partial charge in [0.25, 0.3) is 11.8 Å². The molecule has 1 atom stereocenters. The first kappa shape index (κ1) is 46.5. The first-order chi connectivity index (χ1) is 27.2. The van der Waals surface area contributed by atoms with E-state index in [-0.39, 0.29) is 18.7 Å². The molecule has 5 amide bonds. The lowest BCUT2D eigenvalue weighted by atomic mass is 9.96. The highest BCUT2D eigenvalue weighted by atomic mass is 16.2. The number of benzene rings is 1. The van der Waals surface area contributed by atoms with Gasteiger partial charge in [0, 0.05) is 64.0 Å². The van der Waals surface area contributed by atoms with E-state index in [1.54, 1.807) is 18.2 Å². The molecule has 5 saturated heterocycles. The Morgan fingerprint density at radius 2 is 1.39 bits per heavy atom. The van der Waals surface area contributed by atoms with E-state index in [1.165, 1.54) is 64.8 Å². The second kappa shape index (κ2) is 24.7. The molecule has 1 N–H and O–H groups in total. The van der Waals surface area contributed by atoms with Crippen molar-refractivity contribution in [2.75, 3.05) is 83.9 Å². The van der Waals surface area contributed by atoms with Crippen LogP contribution in [0, 0.1) is 5.92 Å². The van der Waals surface area contributed by atoms with Crippen LogP contribution in [0.5, 0.6) is 0 Å². The number of carbonyl (C=O) groups is 5. The summed E-state index contributed by atoms with van der Waals surface area (Å²) in [5.74, 6) is -0.960. The lowest BCUT2D eigenvalue weighted by Crippen LogP contribution is -2.54. The van der Waals surface area contributed by atoms with Crippen molar-refractivity contribution in [3.8, 4) is 0 Å². The average Bonchev–Trinajstić information content (AvgIpc) is 3.49. The van der Waals surface area contributed by atoms with Crippen LogP contribution in [-0.4, -0.2) is 146 Å². The molecule has 5 fully saturated rings. The number of piperidine rings is 4. The van der Waals surface area contributed by atoms with Gasteiger partial charge in [-0.05, 0) is 109 Å². The highest BCUT2D eigenvalue weighted by molar-refractivity contribution is 6.23. The molecule has 0 saturated carbocycles. The molecule has 0 spiro atoms. The molecular weight excluding hydrogens is 707 g/mol. The van der Waals surface area contributed by atoms with Crippen LogP contribution in [0.25, 0.3) is 0 Å². The number of fused-ring (bicyclic) bond motifs is 1. The number of likely N-dealkylation sites (tertiary alicyclic amines) is 3. The minimum atomic E-state index is -0.951. The fourth-order valence-corrected chi connectivity index (χ4v) is 8.25. The average molecular weight is 778 g/mol. The molecule has 1 aromatic carbocycles. The van der Waals surface area contributed by atoms with Gasteiger partial charge < -0.3 is 19.6 Å². The molecule has 0 bridgehead atoms. The number of hydrogen-bond donors (Lipinski definition) is 1. The third-order valence-electron chi connectivity index (χ3n) is 11.4. The Hall–Kier alpha value is -3.87. The summed E-state index contributed by atoms with van der Waals surface area (Å²) in [5.41, 5.74) is 1.50. The van der Waals surface area contributed by atoms with E-state index in [2.05, 4.69) is 38.5 Å². The van der Waals surface area contributed by atoms with Crippen LogP contribution in [0.1, 0.15) is 113 Å². The minimum absolute atomic E-state index is 0.105. The van der Waals surface area contributed by atoms with Crippen molar-refractivity contribution in [3.05, 3.63) is 54.1 Å². The van der Waals surface area contributed by atoms with E-state index in [1.807, 2.05) is 57.7 Å². The van der Waals surface area contributed by atoms with E-state index < -0.39 is 23.8 Å². The molecule has 0 radical (unpaired) electrons. The van der Waals surface area contributed by atoms with Gasteiger partial charge in [-0.1, -0.05) is 58.9 Å². The number of nitrogens with zero attached hydrogens (tertiary/aromatic N) is 6. The first-order valence-corrected chi connectivity index (χ1v) is 21.4. The van der Waals surface area contributed by atoms with Crippen LogP contribution >= 0.6 is 0 Å². The van der Waals surface area contributed by atoms with Crippen molar-refractivity contribution < 1.29 is 24.0 Å². The maximum atomic E-state index is 13.1. The quantitative estimate of drug-likeness (QED) is 0.220. The fourth-order valence-electron chi connectivity index (χ4n) is 8.25. The zero-order valence-electron chi connectivity index (χ0n) is 35.3.